The fourth-order valence-corrected chi connectivity index (χ4v) is 4.91. The van der Waals surface area contributed by atoms with Crippen LogP contribution in [0.15, 0.2) is 23.3 Å². The molecule has 34 heavy (non-hydrogen) atoms. The number of nitrogens with one attached hydrogen (secondary N) is 4. The normalized spacial score (nSPS) is 20.8. The molecule has 2 aliphatic heterocycles. The zero-order valence-corrected chi connectivity index (χ0v) is 20.4. The number of hydrogen-bond donors (Lipinski definition) is 4. The van der Waals surface area contributed by atoms with E-state index >= 15 is 0 Å². The quantitative estimate of drug-likeness (QED) is 0.389. The molecular formula is C24H37N7O3. The summed E-state index contributed by atoms with van der Waals surface area (Å²) in [5.41, 5.74) is 9.39. The van der Waals surface area contributed by atoms with Crippen molar-refractivity contribution in [2.24, 2.45) is 5.11 Å². The molecule has 1 aromatic carbocycles. The van der Waals surface area contributed by atoms with Crippen LogP contribution >= 0.6 is 0 Å². The molecule has 1 unspecified atom stereocenters. The third kappa shape index (κ3) is 5.91. The molecule has 0 aromatic heterocycles. The first-order valence-corrected chi connectivity index (χ1v) is 12.1. The van der Waals surface area contributed by atoms with Crippen LogP contribution in [-0.4, -0.2) is 72.8 Å². The van der Waals surface area contributed by atoms with E-state index in [-0.39, 0.29) is 23.8 Å². The number of likely N-dealkylation sites (N-methyl/N-ethyl adjacent to an activating group) is 1. The second-order valence-electron chi connectivity index (χ2n) is 9.08. The van der Waals surface area contributed by atoms with E-state index in [1.165, 1.54) is 0 Å². The molecule has 2 aliphatic rings. The molecule has 2 saturated heterocycles. The molecule has 186 valence electrons. The van der Waals surface area contributed by atoms with E-state index in [0.717, 1.165) is 37.1 Å². The number of carbonyl (C=O) groups excluding carboxylic acids is 3. The Kier molecular flexibility index (Phi) is 8.98. The van der Waals surface area contributed by atoms with E-state index in [0.29, 0.717) is 38.0 Å². The third-order valence-corrected chi connectivity index (χ3v) is 6.92. The molecule has 0 spiro atoms. The minimum absolute atomic E-state index is 0.0943. The summed E-state index contributed by atoms with van der Waals surface area (Å²) in [4.78, 5) is 42.3. The van der Waals surface area contributed by atoms with Gasteiger partial charge in [0.25, 0.3) is 0 Å². The lowest BCUT2D eigenvalue weighted by Gasteiger charge is -2.29. The predicted molar refractivity (Wildman–Crippen MR) is 130 cm³/mol. The lowest BCUT2D eigenvalue weighted by Crippen LogP contribution is -2.52. The fourth-order valence-electron chi connectivity index (χ4n) is 4.91. The fraction of sp³-hybridized carbons (Fsp3) is 0.625. The van der Waals surface area contributed by atoms with Gasteiger partial charge in [-0.15, -0.1) is 0 Å². The molecule has 0 radical (unpaired) electrons. The van der Waals surface area contributed by atoms with Gasteiger partial charge in [0.15, 0.2) is 0 Å². The van der Waals surface area contributed by atoms with Gasteiger partial charge < -0.3 is 25.8 Å². The summed E-state index contributed by atoms with van der Waals surface area (Å²) in [6, 6.07) is 4.70. The summed E-state index contributed by atoms with van der Waals surface area (Å²) in [7, 11) is 3.48. The first-order chi connectivity index (χ1) is 16.4. The number of hydrogen-bond acceptors (Lipinski definition) is 7. The second kappa shape index (κ2) is 11.9. The number of nitrogens with zero attached hydrogens (tertiary/aromatic N) is 3. The molecule has 10 heteroatoms. The third-order valence-electron chi connectivity index (χ3n) is 6.92. The Hall–Kier alpha value is -3.01. The number of carbonyl (C=O) groups is 3. The highest BCUT2D eigenvalue weighted by Gasteiger charge is 2.37. The highest BCUT2D eigenvalue weighted by atomic mass is 16.2. The van der Waals surface area contributed by atoms with Crippen LogP contribution < -0.4 is 16.0 Å². The van der Waals surface area contributed by atoms with Crippen molar-refractivity contribution in [3.63, 3.8) is 0 Å². The predicted octanol–water partition coefficient (Wildman–Crippen LogP) is 2.38. The lowest BCUT2D eigenvalue weighted by atomic mass is 10.1. The Morgan fingerprint density at radius 3 is 2.53 bits per heavy atom. The van der Waals surface area contributed by atoms with Crippen molar-refractivity contribution in [3.8, 4) is 0 Å². The molecule has 1 aromatic rings. The molecule has 0 aliphatic carbocycles. The van der Waals surface area contributed by atoms with Crippen molar-refractivity contribution in [3.05, 3.63) is 23.8 Å². The van der Waals surface area contributed by atoms with Crippen molar-refractivity contribution in [2.45, 2.75) is 70.1 Å². The number of rotatable bonds is 10. The molecule has 10 nitrogen and oxygen atoms in total. The Labute approximate surface area is 201 Å². The maximum absolute atomic E-state index is 13.2. The maximum atomic E-state index is 13.2. The van der Waals surface area contributed by atoms with Crippen LogP contribution in [-0.2, 0) is 20.9 Å². The topological polar surface area (TPSA) is 130 Å². The van der Waals surface area contributed by atoms with E-state index in [4.69, 9.17) is 5.53 Å². The minimum atomic E-state index is -0.519. The highest BCUT2D eigenvalue weighted by molar-refractivity contribution is 5.90. The Balaban J connectivity index is 1.56. The molecule has 2 fully saturated rings. The van der Waals surface area contributed by atoms with Crippen LogP contribution in [0.4, 0.5) is 11.4 Å². The molecule has 3 rings (SSSR count). The molecule has 0 bridgehead atoms. The molecule has 4 N–H and O–H groups in total. The van der Waals surface area contributed by atoms with Gasteiger partial charge in [-0.3, -0.25) is 14.4 Å². The summed E-state index contributed by atoms with van der Waals surface area (Å²) >= 11 is 0. The van der Waals surface area contributed by atoms with Gasteiger partial charge in [0, 0.05) is 39.1 Å². The Morgan fingerprint density at radius 1 is 1.15 bits per heavy atom. The number of anilines is 1. The maximum Gasteiger partial charge on any atom is 0.243 e. The van der Waals surface area contributed by atoms with E-state index in [1.807, 2.05) is 17.0 Å². The van der Waals surface area contributed by atoms with Crippen LogP contribution in [0.5, 0.6) is 0 Å². The smallest absolute Gasteiger partial charge is 0.243 e. The average molecular weight is 472 g/mol. The van der Waals surface area contributed by atoms with Crippen LogP contribution in [0.1, 0.15) is 51.0 Å². The average Bonchev–Trinajstić information content (AvgIpc) is 3.51. The number of benzene rings is 1. The summed E-state index contributed by atoms with van der Waals surface area (Å²) in [5.74, 6) is -0.224. The van der Waals surface area contributed by atoms with Crippen molar-refractivity contribution < 1.29 is 14.4 Å². The summed E-state index contributed by atoms with van der Waals surface area (Å²) in [6.07, 6.45) is 4.18. The van der Waals surface area contributed by atoms with Gasteiger partial charge in [0.1, 0.15) is 11.7 Å². The zero-order valence-electron chi connectivity index (χ0n) is 20.4. The molecular weight excluding hydrogens is 434 g/mol. The molecule has 3 atom stereocenters. The summed E-state index contributed by atoms with van der Waals surface area (Å²) < 4.78 is 0. The van der Waals surface area contributed by atoms with Gasteiger partial charge in [-0.2, -0.15) is 5.11 Å². The Morgan fingerprint density at radius 2 is 1.88 bits per heavy atom. The minimum Gasteiger partial charge on any atom is -0.386 e. The van der Waals surface area contributed by atoms with Gasteiger partial charge in [-0.1, -0.05) is 6.07 Å². The van der Waals surface area contributed by atoms with Gasteiger partial charge in [0.2, 0.25) is 17.7 Å². The standard InChI is InChI=1S/C24H37N7O3/c1-16-6-4-12-30(16)22(32)11-10-19(27-3)24(34)31-13-5-7-21(31)23(33)28-15-17-8-9-18(26-2)20(14-17)29-25/h8-9,14,16,19,21,25-27H,4-7,10-13,15H2,1-3H3,(H,28,33)/t16-,19+,21?/m0/s1. The lowest BCUT2D eigenvalue weighted by molar-refractivity contribution is -0.140. The Bertz CT molecular complexity index is 907. The van der Waals surface area contributed by atoms with Gasteiger partial charge in [-0.25, -0.2) is 5.53 Å². The summed E-state index contributed by atoms with van der Waals surface area (Å²) in [6.45, 7) is 3.69. The zero-order chi connectivity index (χ0) is 24.7. The van der Waals surface area contributed by atoms with Crippen LogP contribution in [0.2, 0.25) is 0 Å². The largest absolute Gasteiger partial charge is 0.386 e. The van der Waals surface area contributed by atoms with Gasteiger partial charge in [0.05, 0.1) is 11.7 Å². The van der Waals surface area contributed by atoms with Crippen LogP contribution in [0.25, 0.3) is 0 Å². The second-order valence-corrected chi connectivity index (χ2v) is 9.08. The molecule has 0 saturated carbocycles. The van der Waals surface area contributed by atoms with Crippen molar-refractivity contribution in [1.82, 2.24) is 20.4 Å². The highest BCUT2D eigenvalue weighted by Crippen LogP contribution is 2.26. The van der Waals surface area contributed by atoms with Gasteiger partial charge >= 0.3 is 0 Å². The van der Waals surface area contributed by atoms with E-state index in [9.17, 15) is 14.4 Å². The van der Waals surface area contributed by atoms with Crippen molar-refractivity contribution >= 4 is 29.1 Å². The monoisotopic (exact) mass is 471 g/mol. The van der Waals surface area contributed by atoms with E-state index < -0.39 is 12.1 Å². The van der Waals surface area contributed by atoms with Gasteiger partial charge in [-0.05, 0) is 63.8 Å². The summed E-state index contributed by atoms with van der Waals surface area (Å²) in [5, 5.41) is 12.5. The number of amides is 3. The van der Waals surface area contributed by atoms with E-state index in [2.05, 4.69) is 28.0 Å². The molecule has 3 amide bonds. The molecule has 2 heterocycles. The van der Waals surface area contributed by atoms with Crippen molar-refractivity contribution in [1.29, 1.82) is 5.53 Å². The van der Waals surface area contributed by atoms with E-state index in [1.54, 1.807) is 25.1 Å². The van der Waals surface area contributed by atoms with Crippen molar-refractivity contribution in [2.75, 3.05) is 32.5 Å². The van der Waals surface area contributed by atoms with Crippen LogP contribution in [0, 0.1) is 5.53 Å². The number of likely N-dealkylation sites (tertiary alicyclic amines) is 2. The first-order valence-electron chi connectivity index (χ1n) is 12.1. The SMILES string of the molecule is CNc1ccc(CNC(=O)C2CCCN2C(=O)[C@@H](CCC(=O)N2CCC[C@@H]2C)NC)cc1N=N. The first kappa shape index (κ1) is 25.6. The van der Waals surface area contributed by atoms with Crippen LogP contribution in [0.3, 0.4) is 0 Å².